The molecule has 1 aromatic heterocycles. The van der Waals surface area contributed by atoms with E-state index in [2.05, 4.69) is 20.7 Å². The monoisotopic (exact) mass is 705 g/mol. The van der Waals surface area contributed by atoms with Crippen molar-refractivity contribution in [2.24, 2.45) is 11.0 Å². The van der Waals surface area contributed by atoms with E-state index in [1.165, 1.54) is 22.6 Å². The van der Waals surface area contributed by atoms with Crippen molar-refractivity contribution in [1.29, 1.82) is 0 Å². The summed E-state index contributed by atoms with van der Waals surface area (Å²) in [4.78, 5) is 72.8. The minimum absolute atomic E-state index is 0.105. The number of amides is 4. The first kappa shape index (κ1) is 34.6. The van der Waals surface area contributed by atoms with Crippen molar-refractivity contribution < 1.29 is 28.7 Å². The first-order valence-electron chi connectivity index (χ1n) is 15.6. The molecular weight excluding hydrogens is 669 g/mol. The molecule has 3 aliphatic heterocycles. The quantitative estimate of drug-likeness (QED) is 0.194. The number of piperazine rings is 1. The Hall–Kier alpha value is -3.75. The van der Waals surface area contributed by atoms with Gasteiger partial charge in [-0.15, -0.1) is 11.3 Å². The highest BCUT2D eigenvalue weighted by Gasteiger charge is 2.49. The van der Waals surface area contributed by atoms with Crippen LogP contribution in [-0.4, -0.2) is 107 Å². The van der Waals surface area contributed by atoms with Crippen LogP contribution in [0.4, 0.5) is 4.79 Å². The zero-order valence-corrected chi connectivity index (χ0v) is 28.2. The van der Waals surface area contributed by atoms with Gasteiger partial charge in [0.05, 0.1) is 29.2 Å². The van der Waals surface area contributed by atoms with Crippen LogP contribution in [0.3, 0.4) is 0 Å². The summed E-state index contributed by atoms with van der Waals surface area (Å²) in [5, 5.41) is 14.3. The normalized spacial score (nSPS) is 20.8. The van der Waals surface area contributed by atoms with Gasteiger partial charge in [0.15, 0.2) is 5.01 Å². The summed E-state index contributed by atoms with van der Waals surface area (Å²) in [5.41, 5.74) is 0.987. The number of rotatable bonds is 12. The first-order valence-corrected chi connectivity index (χ1v) is 17.3. The Balaban J connectivity index is 1.19. The molecule has 4 heterocycles. The molecule has 0 bridgehead atoms. The van der Waals surface area contributed by atoms with E-state index in [0.717, 1.165) is 5.56 Å². The second-order valence-electron chi connectivity index (χ2n) is 11.6. The van der Waals surface area contributed by atoms with Gasteiger partial charge in [-0.2, -0.15) is 5.10 Å². The highest BCUT2D eigenvalue weighted by atomic mass is 35.5. The van der Waals surface area contributed by atoms with E-state index >= 15 is 0 Å². The number of piperidine rings is 1. The van der Waals surface area contributed by atoms with E-state index < -0.39 is 30.1 Å². The summed E-state index contributed by atoms with van der Waals surface area (Å²) in [6.45, 7) is 3.24. The van der Waals surface area contributed by atoms with E-state index in [-0.39, 0.29) is 36.7 Å². The molecule has 5 rings (SSSR count). The summed E-state index contributed by atoms with van der Waals surface area (Å²) < 4.78 is 4.81. The van der Waals surface area contributed by atoms with Crippen LogP contribution in [0.1, 0.15) is 54.4 Å². The number of hydrazone groups is 1. The van der Waals surface area contributed by atoms with Crippen LogP contribution >= 0.6 is 34.5 Å². The largest absolute Gasteiger partial charge is 0.450 e. The third-order valence-corrected chi connectivity index (χ3v) is 10.2. The molecule has 4 amide bonds. The fourth-order valence-electron chi connectivity index (χ4n) is 6.35. The summed E-state index contributed by atoms with van der Waals surface area (Å²) in [5.74, 6) is -1.40. The molecule has 3 fully saturated rings. The number of alkyl carbamates (subject to hydrolysis) is 1. The van der Waals surface area contributed by atoms with Crippen molar-refractivity contribution in [3.63, 3.8) is 0 Å². The maximum atomic E-state index is 13.8. The minimum Gasteiger partial charge on any atom is -0.450 e. The lowest BCUT2D eigenvalue weighted by Crippen LogP contribution is -2.62. The van der Waals surface area contributed by atoms with Gasteiger partial charge in [0.1, 0.15) is 18.4 Å². The molecule has 252 valence electrons. The lowest BCUT2D eigenvalue weighted by molar-refractivity contribution is -0.157. The summed E-state index contributed by atoms with van der Waals surface area (Å²) >= 11 is 13.3. The van der Waals surface area contributed by atoms with Gasteiger partial charge in [-0.3, -0.25) is 29.5 Å². The maximum Gasteiger partial charge on any atom is 0.412 e. The molecule has 0 aliphatic carbocycles. The number of carbonyl (C=O) groups excluding carboxylic acids is 5. The van der Waals surface area contributed by atoms with Gasteiger partial charge in [-0.1, -0.05) is 29.3 Å². The maximum absolute atomic E-state index is 13.8. The van der Waals surface area contributed by atoms with Crippen LogP contribution in [0.25, 0.3) is 0 Å². The van der Waals surface area contributed by atoms with Crippen LogP contribution in [0.5, 0.6) is 0 Å². The molecule has 0 spiro atoms. The minimum atomic E-state index is -0.857. The smallest absolute Gasteiger partial charge is 0.412 e. The van der Waals surface area contributed by atoms with Crippen LogP contribution < -0.4 is 10.6 Å². The zero-order valence-electron chi connectivity index (χ0n) is 25.9. The molecule has 3 unspecified atom stereocenters. The van der Waals surface area contributed by atoms with E-state index in [0.29, 0.717) is 73.2 Å². The molecule has 2 aromatic rings. The third-order valence-electron chi connectivity index (χ3n) is 8.67. The van der Waals surface area contributed by atoms with Gasteiger partial charge >= 0.3 is 6.09 Å². The molecule has 47 heavy (non-hydrogen) atoms. The third kappa shape index (κ3) is 8.40. The van der Waals surface area contributed by atoms with E-state index in [1.807, 2.05) is 6.07 Å². The van der Waals surface area contributed by atoms with Gasteiger partial charge < -0.3 is 19.9 Å². The average Bonchev–Trinajstić information content (AvgIpc) is 3.76. The number of hydrogen-bond acceptors (Lipinski definition) is 10. The van der Waals surface area contributed by atoms with Crippen LogP contribution in [0.15, 0.2) is 34.9 Å². The predicted octanol–water partition coefficient (Wildman–Crippen LogP) is 3.35. The highest BCUT2D eigenvalue weighted by Crippen LogP contribution is 2.31. The number of fused-ring (bicyclic) bond motifs is 1. The van der Waals surface area contributed by atoms with E-state index in [1.54, 1.807) is 40.5 Å². The van der Waals surface area contributed by atoms with Gasteiger partial charge in [0, 0.05) is 31.2 Å². The number of Topliss-reactive ketones (excluding diaryl/α,β-unsaturated/α-hetero) is 1. The topological polar surface area (TPSA) is 154 Å². The molecule has 1 aromatic carbocycles. The van der Waals surface area contributed by atoms with Gasteiger partial charge in [0.2, 0.25) is 23.5 Å². The summed E-state index contributed by atoms with van der Waals surface area (Å²) in [6.07, 6.45) is 5.30. The van der Waals surface area contributed by atoms with Crippen LogP contribution in [0, 0.1) is 5.92 Å². The Morgan fingerprint density at radius 3 is 2.64 bits per heavy atom. The number of aryl methyl sites for hydroxylation is 1. The Morgan fingerprint density at radius 2 is 1.94 bits per heavy atom. The molecule has 0 saturated carbocycles. The second kappa shape index (κ2) is 15.9. The van der Waals surface area contributed by atoms with Crippen molar-refractivity contribution in [3.8, 4) is 0 Å². The van der Waals surface area contributed by atoms with Gasteiger partial charge in [-0.25, -0.2) is 9.78 Å². The number of nitrogens with zero attached hydrogens (tertiary/aromatic N) is 5. The number of ether oxygens (including phenoxy) is 1. The number of carbonyl (C=O) groups is 5. The van der Waals surface area contributed by atoms with Crippen molar-refractivity contribution >= 4 is 70.5 Å². The number of thiazole rings is 1. The van der Waals surface area contributed by atoms with Gasteiger partial charge in [-0.05, 0) is 69.1 Å². The zero-order chi connectivity index (χ0) is 33.5. The Labute approximate surface area is 286 Å². The number of ketones is 1. The van der Waals surface area contributed by atoms with E-state index in [4.69, 9.17) is 27.9 Å². The molecule has 3 atom stereocenters. The first-order chi connectivity index (χ1) is 22.7. The molecule has 2 N–H and O–H groups in total. The van der Waals surface area contributed by atoms with Crippen molar-refractivity contribution in [3.05, 3.63) is 50.4 Å². The Bertz CT molecular complexity index is 1500. The molecule has 16 heteroatoms. The van der Waals surface area contributed by atoms with E-state index in [9.17, 15) is 24.0 Å². The highest BCUT2D eigenvalue weighted by molar-refractivity contribution is 7.11. The average molecular weight is 707 g/mol. The van der Waals surface area contributed by atoms with Crippen LogP contribution in [-0.2, 0) is 25.5 Å². The second-order valence-corrected chi connectivity index (χ2v) is 13.3. The predicted molar refractivity (Wildman–Crippen MR) is 176 cm³/mol. The summed E-state index contributed by atoms with van der Waals surface area (Å²) in [7, 11) is 0. The van der Waals surface area contributed by atoms with Crippen molar-refractivity contribution in [2.45, 2.75) is 63.6 Å². The molecular formula is C31H37Cl2N7O6S. The Kier molecular flexibility index (Phi) is 11.7. The molecule has 3 saturated heterocycles. The number of aromatic nitrogens is 1. The molecule has 3 aliphatic rings. The fraction of sp³-hybridized carbons (Fsp3) is 0.516. The molecule has 0 radical (unpaired) electrons. The molecule has 13 nitrogen and oxygen atoms in total. The number of nitrogens with one attached hydrogen (secondary N) is 2. The van der Waals surface area contributed by atoms with Crippen molar-refractivity contribution in [2.75, 3.05) is 32.8 Å². The standard InChI is InChI=1S/C31H37Cl2N7O6S/c1-2-46-31(45)35-18-36-39-13-9-20(10-14-39)26(27(42)29-34-11-15-47-29)37-28(43)23-7-8-24-30(44)38(17-25(41)40(23)24)12-3-4-19-5-6-21(32)22(33)16-19/h5-6,11,15-16,18,20,23-24,26H,2-4,7-10,12-14,17H2,1H3,(H,37,43)(H,35,36,45). The van der Waals surface area contributed by atoms with Crippen LogP contribution in [0.2, 0.25) is 10.0 Å². The summed E-state index contributed by atoms with van der Waals surface area (Å²) in [6, 6.07) is 3.00. The van der Waals surface area contributed by atoms with Crippen molar-refractivity contribution in [1.82, 2.24) is 30.4 Å². The Morgan fingerprint density at radius 1 is 1.15 bits per heavy atom. The number of hydrogen-bond donors (Lipinski definition) is 2. The van der Waals surface area contributed by atoms with Gasteiger partial charge in [0.25, 0.3) is 0 Å². The fourth-order valence-corrected chi connectivity index (χ4v) is 7.28. The lowest BCUT2D eigenvalue weighted by Gasteiger charge is -2.39. The number of benzene rings is 1. The lowest BCUT2D eigenvalue weighted by atomic mass is 9.87. The SMILES string of the molecule is CCOC(=O)NC=NN1CCC(C(NC(=O)C2CCC3C(=O)N(CCCc4ccc(Cl)c(Cl)c4)CC(=O)N23)C(=O)c2nccs2)CC1. The number of halogens is 2.